The molecule has 0 aliphatic carbocycles. The lowest BCUT2D eigenvalue weighted by Crippen LogP contribution is -2.26. The van der Waals surface area contributed by atoms with Crippen LogP contribution in [0.25, 0.3) is 0 Å². The van der Waals surface area contributed by atoms with Crippen molar-refractivity contribution in [3.63, 3.8) is 0 Å². The van der Waals surface area contributed by atoms with Crippen LogP contribution in [0, 0.1) is 0 Å². The van der Waals surface area contributed by atoms with Gasteiger partial charge in [-0.1, -0.05) is 26.0 Å². The zero-order valence-electron chi connectivity index (χ0n) is 15.4. The summed E-state index contributed by atoms with van der Waals surface area (Å²) in [5.41, 5.74) is 1.03. The maximum atomic E-state index is 11.3. The molecular weight excluding hydrogens is 350 g/mol. The van der Waals surface area contributed by atoms with Crippen molar-refractivity contribution in [2.75, 3.05) is 29.9 Å². The van der Waals surface area contributed by atoms with Crippen molar-refractivity contribution in [1.29, 1.82) is 0 Å². The van der Waals surface area contributed by atoms with E-state index in [-0.39, 0.29) is 4.90 Å². The van der Waals surface area contributed by atoms with Gasteiger partial charge in [0.05, 0.1) is 4.90 Å². The van der Waals surface area contributed by atoms with Crippen LogP contribution in [0.15, 0.2) is 41.6 Å². The Morgan fingerprint density at radius 1 is 1.08 bits per heavy atom. The summed E-state index contributed by atoms with van der Waals surface area (Å²) in [4.78, 5) is 11.0. The second-order valence-corrected chi connectivity index (χ2v) is 7.68. The second-order valence-electron chi connectivity index (χ2n) is 6.11. The highest BCUT2D eigenvalue weighted by Gasteiger charge is 2.08. The summed E-state index contributed by atoms with van der Waals surface area (Å²) in [6, 6.07) is 8.57. The Hall–Kier alpha value is -2.19. The highest BCUT2D eigenvalue weighted by molar-refractivity contribution is 7.89. The van der Waals surface area contributed by atoms with Crippen LogP contribution in [0.1, 0.15) is 32.3 Å². The van der Waals surface area contributed by atoms with Crippen molar-refractivity contribution in [2.45, 2.75) is 38.0 Å². The normalized spacial score (nSPS) is 11.3. The topological polar surface area (TPSA) is 101 Å². The van der Waals surface area contributed by atoms with Gasteiger partial charge in [-0.05, 0) is 37.0 Å². The zero-order chi connectivity index (χ0) is 19.0. The van der Waals surface area contributed by atoms with Crippen molar-refractivity contribution < 1.29 is 8.42 Å². The van der Waals surface area contributed by atoms with E-state index in [1.165, 1.54) is 12.1 Å². The molecular formula is C18H27N5O2S. The lowest BCUT2D eigenvalue weighted by Gasteiger charge is -2.22. The lowest BCUT2D eigenvalue weighted by molar-refractivity contribution is 0.598. The monoisotopic (exact) mass is 377 g/mol. The molecule has 0 unspecified atom stereocenters. The van der Waals surface area contributed by atoms with Crippen LogP contribution in [0.5, 0.6) is 0 Å². The van der Waals surface area contributed by atoms with Crippen LogP contribution in [-0.4, -0.2) is 38.0 Å². The molecule has 0 fully saturated rings. The molecule has 26 heavy (non-hydrogen) atoms. The molecule has 1 aromatic heterocycles. The van der Waals surface area contributed by atoms with E-state index in [9.17, 15) is 8.42 Å². The molecule has 0 saturated carbocycles. The van der Waals surface area contributed by atoms with Crippen LogP contribution in [-0.2, 0) is 16.4 Å². The third-order valence-electron chi connectivity index (χ3n) is 3.94. The first kappa shape index (κ1) is 20.1. The Balaban J connectivity index is 1.94. The van der Waals surface area contributed by atoms with Crippen molar-refractivity contribution in [1.82, 2.24) is 9.97 Å². The number of primary sulfonamides is 1. The Morgan fingerprint density at radius 2 is 1.73 bits per heavy atom. The van der Waals surface area contributed by atoms with Gasteiger partial charge >= 0.3 is 0 Å². The number of hydrogen-bond acceptors (Lipinski definition) is 6. The third kappa shape index (κ3) is 5.96. The highest BCUT2D eigenvalue weighted by atomic mass is 32.2. The van der Waals surface area contributed by atoms with Crippen LogP contribution in [0.2, 0.25) is 0 Å². The van der Waals surface area contributed by atoms with Gasteiger partial charge in [0.25, 0.3) is 0 Å². The fourth-order valence-electron chi connectivity index (χ4n) is 2.68. The van der Waals surface area contributed by atoms with E-state index >= 15 is 0 Å². The van der Waals surface area contributed by atoms with Gasteiger partial charge in [-0.3, -0.25) is 0 Å². The molecule has 0 atom stereocenters. The maximum Gasteiger partial charge on any atom is 0.238 e. The summed E-state index contributed by atoms with van der Waals surface area (Å²) >= 11 is 0. The van der Waals surface area contributed by atoms with Gasteiger partial charge in [-0.15, -0.1) is 0 Å². The third-order valence-corrected chi connectivity index (χ3v) is 4.86. The van der Waals surface area contributed by atoms with E-state index < -0.39 is 10.0 Å². The molecule has 1 aromatic carbocycles. The highest BCUT2D eigenvalue weighted by Crippen LogP contribution is 2.15. The average Bonchev–Trinajstić information content (AvgIpc) is 2.61. The van der Waals surface area contributed by atoms with Gasteiger partial charge in [0, 0.05) is 25.7 Å². The summed E-state index contributed by atoms with van der Waals surface area (Å²) in [6.45, 7) is 6.95. The number of nitrogens with two attached hydrogens (primary N) is 1. The maximum absolute atomic E-state index is 11.3. The number of anilines is 2. The Labute approximate surface area is 155 Å². The number of rotatable bonds is 10. The Kier molecular flexibility index (Phi) is 7.35. The van der Waals surface area contributed by atoms with Crippen molar-refractivity contribution in [3.05, 3.63) is 42.2 Å². The fraction of sp³-hybridized carbons (Fsp3) is 0.444. The van der Waals surface area contributed by atoms with Crippen molar-refractivity contribution in [3.8, 4) is 0 Å². The predicted octanol–water partition coefficient (Wildman–Crippen LogP) is 2.41. The SMILES string of the molecule is CCCN(CCC)c1cc(NCCc2ccc(S(N)(=O)=O)cc2)ncn1. The number of sulfonamides is 1. The van der Waals surface area contributed by atoms with E-state index in [1.807, 2.05) is 6.07 Å². The fourth-order valence-corrected chi connectivity index (χ4v) is 3.19. The van der Waals surface area contributed by atoms with E-state index in [4.69, 9.17) is 5.14 Å². The number of benzene rings is 1. The molecule has 142 valence electrons. The number of nitrogens with one attached hydrogen (secondary N) is 1. The van der Waals surface area contributed by atoms with Crippen LogP contribution in [0.4, 0.5) is 11.6 Å². The second kappa shape index (κ2) is 9.49. The van der Waals surface area contributed by atoms with Crippen LogP contribution < -0.4 is 15.4 Å². The number of aromatic nitrogens is 2. The molecule has 1 heterocycles. The van der Waals surface area contributed by atoms with E-state index in [0.717, 1.165) is 49.6 Å². The van der Waals surface area contributed by atoms with Crippen LogP contribution in [0.3, 0.4) is 0 Å². The van der Waals surface area contributed by atoms with Crippen LogP contribution >= 0.6 is 0 Å². The predicted molar refractivity (Wildman–Crippen MR) is 105 cm³/mol. The first-order valence-corrected chi connectivity index (χ1v) is 10.4. The van der Waals surface area contributed by atoms with Gasteiger partial charge in [-0.2, -0.15) is 0 Å². The van der Waals surface area contributed by atoms with Gasteiger partial charge in [0.2, 0.25) is 10.0 Å². The average molecular weight is 378 g/mol. The minimum Gasteiger partial charge on any atom is -0.370 e. The smallest absolute Gasteiger partial charge is 0.238 e. The molecule has 2 rings (SSSR count). The first-order chi connectivity index (χ1) is 12.4. The van der Waals surface area contributed by atoms with Gasteiger partial charge in [-0.25, -0.2) is 23.5 Å². The Morgan fingerprint density at radius 3 is 2.31 bits per heavy atom. The minimum absolute atomic E-state index is 0.126. The summed E-state index contributed by atoms with van der Waals surface area (Å²) in [7, 11) is -3.64. The van der Waals surface area contributed by atoms with E-state index in [1.54, 1.807) is 18.5 Å². The lowest BCUT2D eigenvalue weighted by atomic mass is 10.1. The summed E-state index contributed by atoms with van der Waals surface area (Å²) < 4.78 is 22.5. The molecule has 0 saturated heterocycles. The molecule has 7 nitrogen and oxygen atoms in total. The van der Waals surface area contributed by atoms with Gasteiger partial charge in [0.15, 0.2) is 0 Å². The van der Waals surface area contributed by atoms with Gasteiger partial charge < -0.3 is 10.2 Å². The first-order valence-electron chi connectivity index (χ1n) is 8.86. The summed E-state index contributed by atoms with van der Waals surface area (Å²) in [6.07, 6.45) is 4.47. The molecule has 0 amide bonds. The summed E-state index contributed by atoms with van der Waals surface area (Å²) in [5.74, 6) is 1.72. The quantitative estimate of drug-likeness (QED) is 0.659. The largest absolute Gasteiger partial charge is 0.370 e. The molecule has 0 radical (unpaired) electrons. The molecule has 2 aromatic rings. The summed E-state index contributed by atoms with van der Waals surface area (Å²) in [5, 5.41) is 8.40. The molecule has 0 aliphatic rings. The van der Waals surface area contributed by atoms with Crippen molar-refractivity contribution >= 4 is 21.7 Å². The number of hydrogen-bond donors (Lipinski definition) is 2. The molecule has 0 spiro atoms. The Bertz CT molecular complexity index is 787. The molecule has 8 heteroatoms. The molecule has 0 aliphatic heterocycles. The van der Waals surface area contributed by atoms with Crippen molar-refractivity contribution in [2.24, 2.45) is 5.14 Å². The molecule has 3 N–H and O–H groups in total. The van der Waals surface area contributed by atoms with Gasteiger partial charge in [0.1, 0.15) is 18.0 Å². The minimum atomic E-state index is -3.64. The van der Waals surface area contributed by atoms with E-state index in [0.29, 0.717) is 6.54 Å². The number of nitrogens with zero attached hydrogens (tertiary/aromatic N) is 3. The standard InChI is InChI=1S/C18H27N5O2S/c1-3-11-23(12-4-2)18-13-17(21-14-22-18)20-10-9-15-5-7-16(8-6-15)26(19,24)25/h5-8,13-14H,3-4,9-12H2,1-2H3,(H2,19,24,25)(H,20,21,22). The molecule has 0 bridgehead atoms. The van der Waals surface area contributed by atoms with E-state index in [2.05, 4.69) is 34.0 Å². The zero-order valence-corrected chi connectivity index (χ0v) is 16.2.